The lowest BCUT2D eigenvalue weighted by Gasteiger charge is -2.33. The number of hydrogen-bond acceptors (Lipinski definition) is 5. The number of aromatic nitrogens is 1. The molecule has 1 unspecified atom stereocenters. The number of amides is 1. The molecule has 1 N–H and O–H groups in total. The smallest absolute Gasteiger partial charge is 0.332 e. The van der Waals surface area contributed by atoms with Gasteiger partial charge >= 0.3 is 5.97 Å². The van der Waals surface area contributed by atoms with Crippen molar-refractivity contribution < 1.29 is 19.4 Å². The summed E-state index contributed by atoms with van der Waals surface area (Å²) in [6, 6.07) is 0. The van der Waals surface area contributed by atoms with Crippen LogP contribution in [0.15, 0.2) is 5.38 Å². The van der Waals surface area contributed by atoms with E-state index in [2.05, 4.69) is 17.3 Å². The van der Waals surface area contributed by atoms with Crippen LogP contribution in [0.5, 0.6) is 0 Å². The van der Waals surface area contributed by atoms with Crippen molar-refractivity contribution in [3.63, 3.8) is 0 Å². The molecule has 0 aromatic carbocycles. The average Bonchev–Trinajstić information content (AvgIpc) is 3.23. The number of piperidine rings is 1. The maximum atomic E-state index is 12.6. The second-order valence-electron chi connectivity index (χ2n) is 6.18. The van der Waals surface area contributed by atoms with Gasteiger partial charge in [0.25, 0.3) is 5.91 Å². The third kappa shape index (κ3) is 3.55. The minimum Gasteiger partial charge on any atom is -0.479 e. The van der Waals surface area contributed by atoms with Crippen LogP contribution in [-0.4, -0.2) is 52.2 Å². The molecule has 0 aliphatic carbocycles. The molecule has 1 aromatic rings. The van der Waals surface area contributed by atoms with Crippen molar-refractivity contribution in [3.8, 4) is 0 Å². The zero-order valence-corrected chi connectivity index (χ0v) is 14.1. The monoisotopic (exact) mass is 338 g/mol. The zero-order valence-electron chi connectivity index (χ0n) is 13.2. The Morgan fingerprint density at radius 3 is 2.83 bits per heavy atom. The lowest BCUT2D eigenvalue weighted by molar-refractivity contribution is -0.155. The van der Waals surface area contributed by atoms with E-state index in [1.54, 1.807) is 11.3 Å². The molecule has 1 amide bonds. The van der Waals surface area contributed by atoms with Gasteiger partial charge in [0.2, 0.25) is 0 Å². The minimum atomic E-state index is -0.980. The van der Waals surface area contributed by atoms with Crippen molar-refractivity contribution in [1.82, 2.24) is 9.88 Å². The van der Waals surface area contributed by atoms with E-state index in [1.165, 1.54) is 0 Å². The first kappa shape index (κ1) is 16.4. The van der Waals surface area contributed by atoms with Crippen LogP contribution in [0.2, 0.25) is 0 Å². The third-order valence-electron chi connectivity index (χ3n) is 4.58. The fourth-order valence-corrected chi connectivity index (χ4v) is 4.29. The van der Waals surface area contributed by atoms with E-state index in [9.17, 15) is 9.59 Å². The summed E-state index contributed by atoms with van der Waals surface area (Å²) in [4.78, 5) is 30.0. The average molecular weight is 338 g/mol. The van der Waals surface area contributed by atoms with E-state index in [0.29, 0.717) is 19.4 Å². The predicted octanol–water partition coefficient (Wildman–Crippen LogP) is 2.04. The Labute approximate surface area is 139 Å². The number of carboxylic acid groups (broad SMARTS) is 1. The Hall–Kier alpha value is -1.47. The van der Waals surface area contributed by atoms with Crippen LogP contribution >= 0.6 is 11.3 Å². The third-order valence-corrected chi connectivity index (χ3v) is 5.64. The summed E-state index contributed by atoms with van der Waals surface area (Å²) in [5.41, 5.74) is 1.11. The molecule has 3 heterocycles. The number of aryl methyl sites for hydroxylation is 1. The molecule has 3 atom stereocenters. The molecular formula is C16H22N2O4S. The molecule has 2 aliphatic rings. The first-order valence-corrected chi connectivity index (χ1v) is 9.07. The van der Waals surface area contributed by atoms with E-state index in [4.69, 9.17) is 9.84 Å². The van der Waals surface area contributed by atoms with E-state index >= 15 is 0 Å². The van der Waals surface area contributed by atoms with Gasteiger partial charge in [0, 0.05) is 24.4 Å². The Bertz CT molecular complexity index is 588. The molecule has 0 saturated carbocycles. The summed E-state index contributed by atoms with van der Waals surface area (Å²) in [7, 11) is 0. The molecule has 3 rings (SSSR count). The van der Waals surface area contributed by atoms with Gasteiger partial charge < -0.3 is 14.7 Å². The number of thiazole rings is 1. The van der Waals surface area contributed by atoms with E-state index in [-0.39, 0.29) is 11.8 Å². The van der Waals surface area contributed by atoms with Gasteiger partial charge in [-0.15, -0.1) is 11.3 Å². The molecule has 7 heteroatoms. The maximum Gasteiger partial charge on any atom is 0.332 e. The number of aliphatic carboxylic acids is 1. The summed E-state index contributed by atoms with van der Waals surface area (Å²) >= 11 is 1.67. The summed E-state index contributed by atoms with van der Waals surface area (Å²) in [5.74, 6) is -0.757. The van der Waals surface area contributed by atoms with Gasteiger partial charge in [-0.05, 0) is 32.1 Å². The number of carboxylic acids is 1. The highest BCUT2D eigenvalue weighted by atomic mass is 32.1. The highest BCUT2D eigenvalue weighted by Crippen LogP contribution is 2.31. The lowest BCUT2D eigenvalue weighted by Crippen LogP contribution is -2.44. The van der Waals surface area contributed by atoms with Crippen molar-refractivity contribution in [1.29, 1.82) is 0 Å². The molecular weight excluding hydrogens is 316 g/mol. The maximum absolute atomic E-state index is 12.6. The molecule has 0 bridgehead atoms. The van der Waals surface area contributed by atoms with Crippen LogP contribution in [0.1, 0.15) is 49.2 Å². The molecule has 0 spiro atoms. The molecule has 2 saturated heterocycles. The molecule has 0 radical (unpaired) electrons. The van der Waals surface area contributed by atoms with E-state index in [1.807, 2.05) is 4.90 Å². The van der Waals surface area contributed by atoms with Crippen molar-refractivity contribution in [2.45, 2.75) is 57.2 Å². The van der Waals surface area contributed by atoms with Crippen LogP contribution in [0.25, 0.3) is 0 Å². The SMILES string of the molecule is CCc1csc(C2CCCN(C(=O)[C@@H]3CC[C@H](C(=O)O)O3)C2)n1. The number of rotatable bonds is 4. The summed E-state index contributed by atoms with van der Waals surface area (Å²) < 4.78 is 5.40. The topological polar surface area (TPSA) is 79.7 Å². The predicted molar refractivity (Wildman–Crippen MR) is 85.6 cm³/mol. The Balaban J connectivity index is 1.62. The van der Waals surface area contributed by atoms with Crippen molar-refractivity contribution >= 4 is 23.2 Å². The van der Waals surface area contributed by atoms with Gasteiger partial charge in [0.05, 0.1) is 10.7 Å². The normalized spacial score (nSPS) is 28.0. The standard InChI is InChI=1S/C16H22N2O4S/c1-2-11-9-23-14(17-11)10-4-3-7-18(8-10)15(19)12-5-6-13(22-12)16(20)21/h9-10,12-13H,2-8H2,1H3,(H,20,21)/t10?,12-,13+/m0/s1. The number of likely N-dealkylation sites (tertiary alicyclic amines) is 1. The van der Waals surface area contributed by atoms with Crippen molar-refractivity contribution in [3.05, 3.63) is 16.1 Å². The number of ether oxygens (including phenoxy) is 1. The van der Waals surface area contributed by atoms with Crippen LogP contribution in [0.4, 0.5) is 0 Å². The number of carbonyl (C=O) groups is 2. The first-order valence-electron chi connectivity index (χ1n) is 8.19. The van der Waals surface area contributed by atoms with Gasteiger partial charge in [-0.3, -0.25) is 4.79 Å². The molecule has 6 nitrogen and oxygen atoms in total. The first-order chi connectivity index (χ1) is 11.1. The van der Waals surface area contributed by atoms with E-state index < -0.39 is 18.2 Å². The van der Waals surface area contributed by atoms with E-state index in [0.717, 1.165) is 36.5 Å². The second kappa shape index (κ2) is 6.97. The van der Waals surface area contributed by atoms with Crippen molar-refractivity contribution in [2.24, 2.45) is 0 Å². The number of carbonyl (C=O) groups excluding carboxylic acids is 1. The van der Waals surface area contributed by atoms with Gasteiger partial charge in [-0.25, -0.2) is 9.78 Å². The lowest BCUT2D eigenvalue weighted by atomic mass is 9.98. The largest absolute Gasteiger partial charge is 0.479 e. The van der Waals surface area contributed by atoms with Crippen LogP contribution in [-0.2, 0) is 20.7 Å². The molecule has 2 aliphatic heterocycles. The highest BCUT2D eigenvalue weighted by molar-refractivity contribution is 7.09. The van der Waals surface area contributed by atoms with Crippen molar-refractivity contribution in [2.75, 3.05) is 13.1 Å². The number of nitrogens with zero attached hydrogens (tertiary/aromatic N) is 2. The summed E-state index contributed by atoms with van der Waals surface area (Å²) in [6.45, 7) is 3.47. The van der Waals surface area contributed by atoms with Crippen LogP contribution < -0.4 is 0 Å². The zero-order chi connectivity index (χ0) is 16.4. The van der Waals surface area contributed by atoms with Gasteiger partial charge in [-0.1, -0.05) is 6.92 Å². The Kier molecular flexibility index (Phi) is 4.96. The Morgan fingerprint density at radius 2 is 2.17 bits per heavy atom. The van der Waals surface area contributed by atoms with Crippen LogP contribution in [0, 0.1) is 0 Å². The summed E-state index contributed by atoms with van der Waals surface area (Å²) in [6.07, 6.45) is 2.39. The number of hydrogen-bond donors (Lipinski definition) is 1. The fraction of sp³-hybridized carbons (Fsp3) is 0.688. The van der Waals surface area contributed by atoms with Gasteiger partial charge in [0.15, 0.2) is 6.10 Å². The quantitative estimate of drug-likeness (QED) is 0.909. The molecule has 23 heavy (non-hydrogen) atoms. The minimum absolute atomic E-state index is 0.0641. The summed E-state index contributed by atoms with van der Waals surface area (Å²) in [5, 5.41) is 12.2. The second-order valence-corrected chi connectivity index (χ2v) is 7.07. The molecule has 1 aromatic heterocycles. The van der Waals surface area contributed by atoms with Gasteiger partial charge in [0.1, 0.15) is 6.10 Å². The van der Waals surface area contributed by atoms with Crippen LogP contribution in [0.3, 0.4) is 0 Å². The Morgan fingerprint density at radius 1 is 1.39 bits per heavy atom. The fourth-order valence-electron chi connectivity index (χ4n) is 3.26. The molecule has 2 fully saturated rings. The molecule has 126 valence electrons. The van der Waals surface area contributed by atoms with Gasteiger partial charge in [-0.2, -0.15) is 0 Å². The highest BCUT2D eigenvalue weighted by Gasteiger charge is 2.38.